The molecule has 5 heteroatoms. The SMILES string of the molecule is C[C@@](O)(CNS(=O)(=O)Cc1ccccc1)C(c1ccccc1)c1ccccc1. The Morgan fingerprint density at radius 3 is 1.71 bits per heavy atom. The molecule has 3 aromatic rings. The van der Waals surface area contributed by atoms with Crippen LogP contribution < -0.4 is 4.72 Å². The molecule has 0 heterocycles. The summed E-state index contributed by atoms with van der Waals surface area (Å²) in [6, 6.07) is 28.3. The van der Waals surface area contributed by atoms with Crippen LogP contribution in [0.3, 0.4) is 0 Å². The maximum Gasteiger partial charge on any atom is 0.215 e. The number of sulfonamides is 1. The van der Waals surface area contributed by atoms with E-state index in [0.29, 0.717) is 5.56 Å². The van der Waals surface area contributed by atoms with Gasteiger partial charge in [0.1, 0.15) is 0 Å². The van der Waals surface area contributed by atoms with Gasteiger partial charge in [0.25, 0.3) is 0 Å². The van der Waals surface area contributed by atoms with Gasteiger partial charge >= 0.3 is 0 Å². The maximum atomic E-state index is 12.5. The average molecular weight is 396 g/mol. The summed E-state index contributed by atoms with van der Waals surface area (Å²) in [5, 5.41) is 11.3. The van der Waals surface area contributed by atoms with Crippen LogP contribution in [0.2, 0.25) is 0 Å². The minimum atomic E-state index is -3.58. The lowest BCUT2D eigenvalue weighted by Crippen LogP contribution is -2.45. The zero-order valence-electron chi connectivity index (χ0n) is 15.8. The smallest absolute Gasteiger partial charge is 0.215 e. The van der Waals surface area contributed by atoms with E-state index in [-0.39, 0.29) is 18.2 Å². The molecule has 0 unspecified atom stereocenters. The van der Waals surface area contributed by atoms with Gasteiger partial charge in [-0.1, -0.05) is 91.0 Å². The van der Waals surface area contributed by atoms with Crippen molar-refractivity contribution in [3.8, 4) is 0 Å². The van der Waals surface area contributed by atoms with Crippen molar-refractivity contribution in [2.75, 3.05) is 6.54 Å². The molecule has 146 valence electrons. The molecule has 0 aromatic heterocycles. The van der Waals surface area contributed by atoms with Gasteiger partial charge in [0, 0.05) is 12.5 Å². The van der Waals surface area contributed by atoms with Gasteiger partial charge in [-0.2, -0.15) is 0 Å². The first-order valence-corrected chi connectivity index (χ1v) is 10.9. The van der Waals surface area contributed by atoms with Gasteiger partial charge in [-0.15, -0.1) is 0 Å². The molecule has 0 aliphatic rings. The monoisotopic (exact) mass is 395 g/mol. The van der Waals surface area contributed by atoms with E-state index < -0.39 is 15.6 Å². The predicted molar refractivity (Wildman–Crippen MR) is 112 cm³/mol. The van der Waals surface area contributed by atoms with Crippen molar-refractivity contribution in [2.24, 2.45) is 0 Å². The molecular formula is C23H25NO3S. The second-order valence-electron chi connectivity index (χ2n) is 7.18. The molecule has 0 aliphatic carbocycles. The second kappa shape index (κ2) is 8.69. The van der Waals surface area contributed by atoms with Gasteiger partial charge in [0.05, 0.1) is 11.4 Å². The molecule has 3 aromatic carbocycles. The van der Waals surface area contributed by atoms with Crippen molar-refractivity contribution >= 4 is 10.0 Å². The molecule has 0 fully saturated rings. The molecular weight excluding hydrogens is 370 g/mol. The summed E-state index contributed by atoms with van der Waals surface area (Å²) in [6.45, 7) is 1.58. The third-order valence-electron chi connectivity index (χ3n) is 4.74. The molecule has 2 N–H and O–H groups in total. The normalized spacial score (nSPS) is 14.0. The van der Waals surface area contributed by atoms with Gasteiger partial charge < -0.3 is 5.11 Å². The number of hydrogen-bond donors (Lipinski definition) is 2. The van der Waals surface area contributed by atoms with Gasteiger partial charge in [-0.05, 0) is 23.6 Å². The van der Waals surface area contributed by atoms with Crippen LogP contribution >= 0.6 is 0 Å². The Labute approximate surface area is 166 Å². The van der Waals surface area contributed by atoms with Gasteiger partial charge in [-0.25, -0.2) is 13.1 Å². The quantitative estimate of drug-likeness (QED) is 0.611. The molecule has 4 nitrogen and oxygen atoms in total. The van der Waals surface area contributed by atoms with E-state index in [1.54, 1.807) is 19.1 Å². The van der Waals surface area contributed by atoms with Crippen molar-refractivity contribution in [3.05, 3.63) is 108 Å². The summed E-state index contributed by atoms with van der Waals surface area (Å²) in [6.07, 6.45) is 0. The number of hydrogen-bond acceptors (Lipinski definition) is 3. The standard InChI is InChI=1S/C23H25NO3S/c1-23(25,18-24-28(26,27)17-19-11-5-2-6-12-19)22(20-13-7-3-8-14-20)21-15-9-4-10-16-21/h2-16,22,24-25H,17-18H2,1H3/t23-/m1/s1. The molecule has 0 saturated carbocycles. The zero-order valence-corrected chi connectivity index (χ0v) is 16.6. The maximum absolute atomic E-state index is 12.5. The summed E-state index contributed by atoms with van der Waals surface area (Å²) in [5.41, 5.74) is 1.26. The Balaban J connectivity index is 1.82. The Bertz CT molecular complexity index is 933. The average Bonchev–Trinajstić information content (AvgIpc) is 2.69. The highest BCUT2D eigenvalue weighted by Gasteiger charge is 2.35. The van der Waals surface area contributed by atoms with Crippen LogP contribution in [0.1, 0.15) is 29.5 Å². The second-order valence-corrected chi connectivity index (χ2v) is 8.98. The van der Waals surface area contributed by atoms with Crippen LogP contribution in [0.5, 0.6) is 0 Å². The van der Waals surface area contributed by atoms with Crippen molar-refractivity contribution < 1.29 is 13.5 Å². The Morgan fingerprint density at radius 1 is 0.821 bits per heavy atom. The lowest BCUT2D eigenvalue weighted by Gasteiger charge is -2.34. The van der Waals surface area contributed by atoms with E-state index in [9.17, 15) is 13.5 Å². The van der Waals surface area contributed by atoms with E-state index in [1.807, 2.05) is 78.9 Å². The first kappa shape index (κ1) is 20.3. The zero-order chi connectivity index (χ0) is 20.0. The van der Waals surface area contributed by atoms with E-state index in [0.717, 1.165) is 11.1 Å². The predicted octanol–water partition coefficient (Wildman–Crippen LogP) is 3.69. The largest absolute Gasteiger partial charge is 0.388 e. The minimum Gasteiger partial charge on any atom is -0.388 e. The van der Waals surface area contributed by atoms with Crippen molar-refractivity contribution in [1.82, 2.24) is 4.72 Å². The van der Waals surface area contributed by atoms with E-state index in [2.05, 4.69) is 4.72 Å². The van der Waals surface area contributed by atoms with Crippen LogP contribution in [0.25, 0.3) is 0 Å². The summed E-state index contributed by atoms with van der Waals surface area (Å²) in [4.78, 5) is 0. The first-order chi connectivity index (χ1) is 13.4. The molecule has 0 radical (unpaired) electrons. The fraction of sp³-hybridized carbons (Fsp3) is 0.217. The van der Waals surface area contributed by atoms with Crippen LogP contribution in [0.4, 0.5) is 0 Å². The van der Waals surface area contributed by atoms with Crippen LogP contribution in [-0.2, 0) is 15.8 Å². The minimum absolute atomic E-state index is 0.0867. The molecule has 0 spiro atoms. The summed E-state index contributed by atoms with van der Waals surface area (Å²) >= 11 is 0. The Kier molecular flexibility index (Phi) is 6.29. The number of benzene rings is 3. The third kappa shape index (κ3) is 5.29. The Hall–Kier alpha value is -2.47. The number of nitrogens with one attached hydrogen (secondary N) is 1. The van der Waals surface area contributed by atoms with E-state index in [1.165, 1.54) is 0 Å². The highest BCUT2D eigenvalue weighted by Crippen LogP contribution is 2.34. The molecule has 28 heavy (non-hydrogen) atoms. The molecule has 3 rings (SSSR count). The highest BCUT2D eigenvalue weighted by molar-refractivity contribution is 7.88. The fourth-order valence-corrected chi connectivity index (χ4v) is 4.65. The first-order valence-electron chi connectivity index (χ1n) is 9.21. The van der Waals surface area contributed by atoms with Crippen LogP contribution in [0.15, 0.2) is 91.0 Å². The third-order valence-corrected chi connectivity index (χ3v) is 6.03. The van der Waals surface area contributed by atoms with Crippen molar-refractivity contribution in [3.63, 3.8) is 0 Å². The number of aliphatic hydroxyl groups is 1. The van der Waals surface area contributed by atoms with E-state index in [4.69, 9.17) is 0 Å². The fourth-order valence-electron chi connectivity index (χ4n) is 3.40. The van der Waals surface area contributed by atoms with Crippen LogP contribution in [0, 0.1) is 0 Å². The van der Waals surface area contributed by atoms with Crippen molar-refractivity contribution in [2.45, 2.75) is 24.2 Å². The van der Waals surface area contributed by atoms with Gasteiger partial charge in [-0.3, -0.25) is 0 Å². The molecule has 1 atom stereocenters. The highest BCUT2D eigenvalue weighted by atomic mass is 32.2. The van der Waals surface area contributed by atoms with E-state index >= 15 is 0 Å². The molecule has 0 saturated heterocycles. The lowest BCUT2D eigenvalue weighted by molar-refractivity contribution is 0.0481. The summed E-state index contributed by atoms with van der Waals surface area (Å²) in [7, 11) is -3.58. The number of rotatable bonds is 8. The Morgan fingerprint density at radius 2 is 1.25 bits per heavy atom. The molecule has 0 bridgehead atoms. The summed E-state index contributed by atoms with van der Waals surface area (Å²) in [5.74, 6) is -0.486. The lowest BCUT2D eigenvalue weighted by atomic mass is 9.78. The molecule has 0 amide bonds. The van der Waals surface area contributed by atoms with Gasteiger partial charge in [0.2, 0.25) is 10.0 Å². The van der Waals surface area contributed by atoms with Gasteiger partial charge in [0.15, 0.2) is 0 Å². The summed E-state index contributed by atoms with van der Waals surface area (Å²) < 4.78 is 27.6. The van der Waals surface area contributed by atoms with Crippen molar-refractivity contribution in [1.29, 1.82) is 0 Å². The van der Waals surface area contributed by atoms with Crippen LogP contribution in [-0.4, -0.2) is 25.7 Å². The topological polar surface area (TPSA) is 66.4 Å². The molecule has 0 aliphatic heterocycles.